The van der Waals surface area contributed by atoms with Gasteiger partial charge in [-0.3, -0.25) is 4.90 Å². The van der Waals surface area contributed by atoms with Crippen molar-refractivity contribution in [2.24, 2.45) is 0 Å². The van der Waals surface area contributed by atoms with Gasteiger partial charge in [-0.1, -0.05) is 24.3 Å². The molecule has 3 heteroatoms. The SMILES string of the molecule is Cc1occc1CN(C)Cc1cc2ccccc2cc1N. The molecular formula is C18H20N2O. The minimum atomic E-state index is 0.821. The van der Waals surface area contributed by atoms with Crippen molar-refractivity contribution in [3.8, 4) is 0 Å². The standard InChI is InChI=1S/C18H20N2O/c1-13-16(7-8-21-13)11-20(2)12-17-9-14-5-3-4-6-15(14)10-18(17)19/h3-10H,11-12,19H2,1-2H3. The molecule has 0 amide bonds. The van der Waals surface area contributed by atoms with Gasteiger partial charge in [0.2, 0.25) is 0 Å². The summed E-state index contributed by atoms with van der Waals surface area (Å²) in [4.78, 5) is 2.25. The molecule has 0 atom stereocenters. The molecule has 0 bridgehead atoms. The molecule has 2 aromatic carbocycles. The van der Waals surface area contributed by atoms with Gasteiger partial charge in [0.1, 0.15) is 5.76 Å². The Hall–Kier alpha value is -2.26. The Balaban J connectivity index is 1.81. The molecule has 1 heterocycles. The summed E-state index contributed by atoms with van der Waals surface area (Å²) in [5.41, 5.74) is 9.43. The highest BCUT2D eigenvalue weighted by Crippen LogP contribution is 2.23. The Morgan fingerprint density at radius 1 is 1.00 bits per heavy atom. The Kier molecular flexibility index (Phi) is 3.67. The highest BCUT2D eigenvalue weighted by molar-refractivity contribution is 5.86. The third-order valence-electron chi connectivity index (χ3n) is 3.85. The second kappa shape index (κ2) is 5.62. The van der Waals surface area contributed by atoms with Crippen LogP contribution in [0.3, 0.4) is 0 Å². The molecule has 0 fully saturated rings. The van der Waals surface area contributed by atoms with Crippen molar-refractivity contribution in [1.82, 2.24) is 4.90 Å². The lowest BCUT2D eigenvalue weighted by Crippen LogP contribution is -2.18. The molecule has 0 aliphatic carbocycles. The Morgan fingerprint density at radius 2 is 1.67 bits per heavy atom. The number of anilines is 1. The van der Waals surface area contributed by atoms with E-state index >= 15 is 0 Å². The third kappa shape index (κ3) is 2.93. The minimum Gasteiger partial charge on any atom is -0.469 e. The van der Waals surface area contributed by atoms with Crippen LogP contribution in [-0.2, 0) is 13.1 Å². The maximum Gasteiger partial charge on any atom is 0.105 e. The van der Waals surface area contributed by atoms with Crippen molar-refractivity contribution in [2.45, 2.75) is 20.0 Å². The lowest BCUT2D eigenvalue weighted by atomic mass is 10.0. The lowest BCUT2D eigenvalue weighted by molar-refractivity contribution is 0.317. The van der Waals surface area contributed by atoms with E-state index in [2.05, 4.69) is 42.3 Å². The first-order valence-corrected chi connectivity index (χ1v) is 7.12. The molecule has 0 spiro atoms. The highest BCUT2D eigenvalue weighted by atomic mass is 16.3. The molecule has 0 saturated heterocycles. The number of nitrogen functional groups attached to an aromatic ring is 1. The van der Waals surface area contributed by atoms with Gasteiger partial charge in [0, 0.05) is 24.3 Å². The Bertz CT molecular complexity index is 761. The highest BCUT2D eigenvalue weighted by Gasteiger charge is 2.09. The molecule has 1 aromatic heterocycles. The van der Waals surface area contributed by atoms with Crippen LogP contribution in [0.1, 0.15) is 16.9 Å². The van der Waals surface area contributed by atoms with Crippen LogP contribution in [0, 0.1) is 6.92 Å². The molecule has 21 heavy (non-hydrogen) atoms. The summed E-state index contributed by atoms with van der Waals surface area (Å²) in [5.74, 6) is 0.980. The summed E-state index contributed by atoms with van der Waals surface area (Å²) in [5, 5.41) is 2.42. The molecule has 3 rings (SSSR count). The predicted molar refractivity (Wildman–Crippen MR) is 87.0 cm³/mol. The minimum absolute atomic E-state index is 0.821. The fraction of sp³-hybridized carbons (Fsp3) is 0.222. The summed E-state index contributed by atoms with van der Waals surface area (Å²) in [6.45, 7) is 3.67. The molecule has 2 N–H and O–H groups in total. The molecule has 0 unspecified atom stereocenters. The number of nitrogens with two attached hydrogens (primary N) is 1. The fourth-order valence-corrected chi connectivity index (χ4v) is 2.65. The van der Waals surface area contributed by atoms with Crippen LogP contribution in [0.2, 0.25) is 0 Å². The van der Waals surface area contributed by atoms with Gasteiger partial charge in [-0.15, -0.1) is 0 Å². The van der Waals surface area contributed by atoms with Crippen LogP contribution >= 0.6 is 0 Å². The van der Waals surface area contributed by atoms with Gasteiger partial charge in [0.05, 0.1) is 6.26 Å². The number of furan rings is 1. The first-order valence-electron chi connectivity index (χ1n) is 7.12. The normalized spacial score (nSPS) is 11.4. The van der Waals surface area contributed by atoms with Crippen molar-refractivity contribution in [3.63, 3.8) is 0 Å². The van der Waals surface area contributed by atoms with Gasteiger partial charge < -0.3 is 10.2 Å². The number of hydrogen-bond donors (Lipinski definition) is 1. The number of nitrogens with zero attached hydrogens (tertiary/aromatic N) is 1. The van der Waals surface area contributed by atoms with Crippen molar-refractivity contribution in [2.75, 3.05) is 12.8 Å². The molecular weight excluding hydrogens is 260 g/mol. The number of benzene rings is 2. The van der Waals surface area contributed by atoms with E-state index in [0.29, 0.717) is 0 Å². The summed E-state index contributed by atoms with van der Waals surface area (Å²) < 4.78 is 5.35. The molecule has 0 radical (unpaired) electrons. The quantitative estimate of drug-likeness (QED) is 0.736. The zero-order chi connectivity index (χ0) is 14.8. The second-order valence-corrected chi connectivity index (χ2v) is 5.57. The summed E-state index contributed by atoms with van der Waals surface area (Å²) in [6.07, 6.45) is 1.74. The number of hydrogen-bond acceptors (Lipinski definition) is 3. The van der Waals surface area contributed by atoms with Gasteiger partial charge >= 0.3 is 0 Å². The summed E-state index contributed by atoms with van der Waals surface area (Å²) in [7, 11) is 2.10. The van der Waals surface area contributed by atoms with E-state index in [0.717, 1.165) is 30.1 Å². The average Bonchev–Trinajstić information content (AvgIpc) is 2.85. The van der Waals surface area contributed by atoms with E-state index in [-0.39, 0.29) is 0 Å². The van der Waals surface area contributed by atoms with Crippen molar-refractivity contribution in [1.29, 1.82) is 0 Å². The average molecular weight is 280 g/mol. The topological polar surface area (TPSA) is 42.4 Å². The first kappa shape index (κ1) is 13.7. The molecule has 0 aliphatic heterocycles. The predicted octanol–water partition coefficient (Wildman–Crippen LogP) is 3.96. The van der Waals surface area contributed by atoms with E-state index in [9.17, 15) is 0 Å². The third-order valence-corrected chi connectivity index (χ3v) is 3.85. The number of aryl methyl sites for hydroxylation is 1. The van der Waals surface area contributed by atoms with E-state index in [1.165, 1.54) is 16.3 Å². The van der Waals surface area contributed by atoms with E-state index in [1.807, 2.05) is 19.1 Å². The van der Waals surface area contributed by atoms with Crippen LogP contribution in [0.25, 0.3) is 10.8 Å². The monoisotopic (exact) mass is 280 g/mol. The second-order valence-electron chi connectivity index (χ2n) is 5.57. The van der Waals surface area contributed by atoms with Gasteiger partial charge in [-0.05, 0) is 48.5 Å². The van der Waals surface area contributed by atoms with Crippen LogP contribution < -0.4 is 5.73 Å². The van der Waals surface area contributed by atoms with Crippen LogP contribution in [0.5, 0.6) is 0 Å². The van der Waals surface area contributed by atoms with Crippen molar-refractivity contribution in [3.05, 3.63) is 65.6 Å². The largest absolute Gasteiger partial charge is 0.469 e. The molecule has 3 nitrogen and oxygen atoms in total. The van der Waals surface area contributed by atoms with Crippen LogP contribution in [-0.4, -0.2) is 11.9 Å². The summed E-state index contributed by atoms with van der Waals surface area (Å²) in [6, 6.07) is 14.6. The lowest BCUT2D eigenvalue weighted by Gasteiger charge is -2.18. The first-order chi connectivity index (χ1) is 10.1. The van der Waals surface area contributed by atoms with Gasteiger partial charge in [-0.2, -0.15) is 0 Å². The van der Waals surface area contributed by atoms with E-state index in [1.54, 1.807) is 6.26 Å². The van der Waals surface area contributed by atoms with Crippen molar-refractivity contribution < 1.29 is 4.42 Å². The Morgan fingerprint density at radius 3 is 2.33 bits per heavy atom. The van der Waals surface area contributed by atoms with Crippen LogP contribution in [0.4, 0.5) is 5.69 Å². The maximum atomic E-state index is 6.19. The maximum absolute atomic E-state index is 6.19. The van der Waals surface area contributed by atoms with Crippen molar-refractivity contribution >= 4 is 16.5 Å². The zero-order valence-corrected chi connectivity index (χ0v) is 12.5. The Labute approximate surface area is 125 Å². The van der Waals surface area contributed by atoms with Gasteiger partial charge in [-0.25, -0.2) is 0 Å². The molecule has 0 aliphatic rings. The zero-order valence-electron chi connectivity index (χ0n) is 12.5. The van der Waals surface area contributed by atoms with Crippen LogP contribution in [0.15, 0.2) is 53.1 Å². The summed E-state index contributed by atoms with van der Waals surface area (Å²) >= 11 is 0. The van der Waals surface area contributed by atoms with E-state index in [4.69, 9.17) is 10.2 Å². The number of rotatable bonds is 4. The van der Waals surface area contributed by atoms with Gasteiger partial charge in [0.25, 0.3) is 0 Å². The fourth-order valence-electron chi connectivity index (χ4n) is 2.65. The molecule has 3 aromatic rings. The number of fused-ring (bicyclic) bond motifs is 1. The molecule has 108 valence electrons. The van der Waals surface area contributed by atoms with E-state index < -0.39 is 0 Å². The smallest absolute Gasteiger partial charge is 0.105 e. The molecule has 0 saturated carbocycles. The van der Waals surface area contributed by atoms with Gasteiger partial charge in [0.15, 0.2) is 0 Å².